The summed E-state index contributed by atoms with van der Waals surface area (Å²) >= 11 is 0. The van der Waals surface area contributed by atoms with Gasteiger partial charge in [0.05, 0.1) is 0 Å². The van der Waals surface area contributed by atoms with Gasteiger partial charge in [-0.3, -0.25) is 0 Å². The number of hydrogen-bond acceptors (Lipinski definition) is 1. The summed E-state index contributed by atoms with van der Waals surface area (Å²) in [6.07, 6.45) is 9.53. The zero-order valence-corrected chi connectivity index (χ0v) is 7.68. The Bertz CT molecular complexity index is 95.0. The van der Waals surface area contributed by atoms with Crippen LogP contribution in [0.2, 0.25) is 0 Å². The molecule has 66 valence electrons. The first-order valence-corrected chi connectivity index (χ1v) is 5.10. The van der Waals surface area contributed by atoms with Crippen molar-refractivity contribution in [2.75, 3.05) is 0 Å². The molecule has 1 heteroatoms. The number of hydrogen-bond donors (Lipinski definition) is 1. The van der Waals surface area contributed by atoms with Crippen LogP contribution in [0.25, 0.3) is 0 Å². The molecular formula is C10H21N. The van der Waals surface area contributed by atoms with Crippen molar-refractivity contribution < 1.29 is 0 Å². The predicted octanol–water partition coefficient (Wildman–Crippen LogP) is 2.69. The second-order valence-electron chi connectivity index (χ2n) is 3.85. The predicted molar refractivity (Wildman–Crippen MR) is 49.5 cm³/mol. The van der Waals surface area contributed by atoms with Crippen LogP contribution in [0.5, 0.6) is 0 Å². The number of rotatable bonds is 3. The highest BCUT2D eigenvalue weighted by atomic mass is 14.6. The molecule has 0 heterocycles. The van der Waals surface area contributed by atoms with Crippen LogP contribution in [-0.2, 0) is 0 Å². The highest BCUT2D eigenvalue weighted by Gasteiger charge is 2.19. The van der Waals surface area contributed by atoms with Gasteiger partial charge in [0.25, 0.3) is 0 Å². The summed E-state index contributed by atoms with van der Waals surface area (Å²) in [5, 5.41) is 0. The lowest BCUT2D eigenvalue weighted by Crippen LogP contribution is -2.31. The fourth-order valence-electron chi connectivity index (χ4n) is 2.13. The van der Waals surface area contributed by atoms with Crippen molar-refractivity contribution >= 4 is 0 Å². The van der Waals surface area contributed by atoms with Crippen LogP contribution in [0.15, 0.2) is 0 Å². The Morgan fingerprint density at radius 2 is 1.91 bits per heavy atom. The lowest BCUT2D eigenvalue weighted by atomic mass is 9.83. The molecule has 0 aromatic rings. The van der Waals surface area contributed by atoms with E-state index in [1.54, 1.807) is 0 Å². The average molecular weight is 155 g/mol. The van der Waals surface area contributed by atoms with Gasteiger partial charge in [0.15, 0.2) is 0 Å². The van der Waals surface area contributed by atoms with E-state index >= 15 is 0 Å². The summed E-state index contributed by atoms with van der Waals surface area (Å²) in [6, 6.07) is 0.500. The van der Waals surface area contributed by atoms with Gasteiger partial charge in [-0.1, -0.05) is 32.6 Å². The maximum Gasteiger partial charge on any atom is 0.00670 e. The fourth-order valence-corrected chi connectivity index (χ4v) is 2.13. The highest BCUT2D eigenvalue weighted by molar-refractivity contribution is 4.75. The first-order chi connectivity index (χ1) is 5.34. The van der Waals surface area contributed by atoms with Crippen molar-refractivity contribution in [2.45, 2.75) is 57.9 Å². The third-order valence-corrected chi connectivity index (χ3v) is 2.88. The summed E-state index contributed by atoms with van der Waals surface area (Å²) in [7, 11) is 0. The van der Waals surface area contributed by atoms with Crippen LogP contribution < -0.4 is 5.73 Å². The monoisotopic (exact) mass is 155 g/mol. The smallest absolute Gasteiger partial charge is 0.00670 e. The maximum atomic E-state index is 6.06. The minimum Gasteiger partial charge on any atom is -0.327 e. The van der Waals surface area contributed by atoms with Crippen LogP contribution in [0.3, 0.4) is 0 Å². The van der Waals surface area contributed by atoms with Gasteiger partial charge in [0.2, 0.25) is 0 Å². The molecule has 1 unspecified atom stereocenters. The van der Waals surface area contributed by atoms with Gasteiger partial charge >= 0.3 is 0 Å². The Morgan fingerprint density at radius 3 is 2.45 bits per heavy atom. The fraction of sp³-hybridized carbons (Fsp3) is 1.00. The van der Waals surface area contributed by atoms with E-state index < -0.39 is 0 Å². The Morgan fingerprint density at radius 1 is 1.27 bits per heavy atom. The molecule has 0 amide bonds. The SMILES string of the molecule is CCCC(N)C1CCCCC1. The van der Waals surface area contributed by atoms with E-state index in [2.05, 4.69) is 6.92 Å². The maximum absolute atomic E-state index is 6.06. The van der Waals surface area contributed by atoms with Gasteiger partial charge in [0.1, 0.15) is 0 Å². The normalized spacial score (nSPS) is 23.5. The van der Waals surface area contributed by atoms with E-state index in [-0.39, 0.29) is 0 Å². The van der Waals surface area contributed by atoms with Gasteiger partial charge in [-0.15, -0.1) is 0 Å². The molecule has 1 aliphatic rings. The van der Waals surface area contributed by atoms with Crippen molar-refractivity contribution in [2.24, 2.45) is 11.7 Å². The molecule has 1 aliphatic carbocycles. The number of nitrogens with two attached hydrogens (primary N) is 1. The first kappa shape index (κ1) is 9.05. The van der Waals surface area contributed by atoms with E-state index in [9.17, 15) is 0 Å². The molecule has 1 saturated carbocycles. The zero-order chi connectivity index (χ0) is 8.10. The Labute approximate surface area is 70.4 Å². The van der Waals surface area contributed by atoms with Crippen molar-refractivity contribution in [3.8, 4) is 0 Å². The van der Waals surface area contributed by atoms with E-state index in [0.717, 1.165) is 5.92 Å². The minimum absolute atomic E-state index is 0.500. The first-order valence-electron chi connectivity index (χ1n) is 5.10. The zero-order valence-electron chi connectivity index (χ0n) is 7.68. The molecule has 0 aliphatic heterocycles. The van der Waals surface area contributed by atoms with Gasteiger partial charge < -0.3 is 5.73 Å². The highest BCUT2D eigenvalue weighted by Crippen LogP contribution is 2.26. The molecule has 1 rings (SSSR count). The molecule has 1 fully saturated rings. The van der Waals surface area contributed by atoms with Gasteiger partial charge in [-0.05, 0) is 25.2 Å². The van der Waals surface area contributed by atoms with E-state index in [1.165, 1.54) is 44.9 Å². The van der Waals surface area contributed by atoms with Gasteiger partial charge in [0, 0.05) is 6.04 Å². The van der Waals surface area contributed by atoms with Crippen LogP contribution in [0, 0.1) is 5.92 Å². The van der Waals surface area contributed by atoms with Crippen LogP contribution in [0.1, 0.15) is 51.9 Å². The summed E-state index contributed by atoms with van der Waals surface area (Å²) in [5.41, 5.74) is 6.06. The summed E-state index contributed by atoms with van der Waals surface area (Å²) in [5.74, 6) is 0.851. The second kappa shape index (κ2) is 4.76. The van der Waals surface area contributed by atoms with E-state index in [1.807, 2.05) is 0 Å². The summed E-state index contributed by atoms with van der Waals surface area (Å²) in [4.78, 5) is 0. The molecule has 0 aromatic carbocycles. The molecule has 0 saturated heterocycles. The molecule has 0 bridgehead atoms. The minimum atomic E-state index is 0.500. The molecule has 2 N–H and O–H groups in total. The van der Waals surface area contributed by atoms with Crippen molar-refractivity contribution in [1.29, 1.82) is 0 Å². The molecular weight excluding hydrogens is 134 g/mol. The molecule has 1 nitrogen and oxygen atoms in total. The average Bonchev–Trinajstić information content (AvgIpc) is 2.07. The van der Waals surface area contributed by atoms with Crippen LogP contribution in [-0.4, -0.2) is 6.04 Å². The van der Waals surface area contributed by atoms with Crippen molar-refractivity contribution in [3.63, 3.8) is 0 Å². The largest absolute Gasteiger partial charge is 0.327 e. The van der Waals surface area contributed by atoms with Gasteiger partial charge in [-0.2, -0.15) is 0 Å². The lowest BCUT2D eigenvalue weighted by Gasteiger charge is -2.27. The Balaban J connectivity index is 2.21. The molecule has 11 heavy (non-hydrogen) atoms. The molecule has 0 radical (unpaired) electrons. The topological polar surface area (TPSA) is 26.0 Å². The Kier molecular flexibility index (Phi) is 3.92. The van der Waals surface area contributed by atoms with Crippen molar-refractivity contribution in [1.82, 2.24) is 0 Å². The van der Waals surface area contributed by atoms with Crippen molar-refractivity contribution in [3.05, 3.63) is 0 Å². The standard InChI is InChI=1S/C10H21N/c1-2-6-10(11)9-7-4-3-5-8-9/h9-10H,2-8,11H2,1H3. The second-order valence-corrected chi connectivity index (χ2v) is 3.85. The molecule has 1 atom stereocenters. The molecule has 0 spiro atoms. The molecule has 0 aromatic heterocycles. The van der Waals surface area contributed by atoms with Gasteiger partial charge in [-0.25, -0.2) is 0 Å². The van der Waals surface area contributed by atoms with Crippen LogP contribution in [0.4, 0.5) is 0 Å². The summed E-state index contributed by atoms with van der Waals surface area (Å²) in [6.45, 7) is 2.22. The third kappa shape index (κ3) is 2.82. The Hall–Kier alpha value is -0.0400. The van der Waals surface area contributed by atoms with E-state index in [4.69, 9.17) is 5.73 Å². The summed E-state index contributed by atoms with van der Waals surface area (Å²) < 4.78 is 0. The third-order valence-electron chi connectivity index (χ3n) is 2.88. The quantitative estimate of drug-likeness (QED) is 0.666. The lowest BCUT2D eigenvalue weighted by molar-refractivity contribution is 0.294. The van der Waals surface area contributed by atoms with Crippen LogP contribution >= 0.6 is 0 Å². The van der Waals surface area contributed by atoms with E-state index in [0.29, 0.717) is 6.04 Å².